The van der Waals surface area contributed by atoms with Crippen molar-refractivity contribution in [2.45, 2.75) is 64.6 Å². The molecule has 1 aliphatic rings. The number of nitrogens with one attached hydrogen (secondary N) is 1. The van der Waals surface area contributed by atoms with Gasteiger partial charge >= 0.3 is 6.09 Å². The molecule has 134 valence electrons. The average molecular weight is 336 g/mol. The zero-order valence-corrected chi connectivity index (χ0v) is 15.1. The van der Waals surface area contributed by atoms with Crippen LogP contribution in [0.3, 0.4) is 0 Å². The molecule has 1 aromatic rings. The molecule has 1 fully saturated rings. The van der Waals surface area contributed by atoms with E-state index in [1.54, 1.807) is 17.0 Å². The average Bonchev–Trinajstić information content (AvgIpc) is 2.71. The van der Waals surface area contributed by atoms with Gasteiger partial charge in [-0.1, -0.05) is 12.1 Å². The molecule has 0 spiro atoms. The number of amides is 1. The molecule has 0 bridgehead atoms. The van der Waals surface area contributed by atoms with Crippen LogP contribution in [0.2, 0.25) is 0 Å². The van der Waals surface area contributed by atoms with E-state index in [2.05, 4.69) is 5.32 Å². The molecule has 2 rings (SSSR count). The molecule has 1 N–H and O–H groups in total. The summed E-state index contributed by atoms with van der Waals surface area (Å²) >= 11 is 0. The van der Waals surface area contributed by atoms with E-state index >= 15 is 0 Å². The fraction of sp³-hybridized carbons (Fsp3) is 0.632. The molecule has 0 aliphatic carbocycles. The van der Waals surface area contributed by atoms with E-state index in [1.165, 1.54) is 6.07 Å². The quantitative estimate of drug-likeness (QED) is 0.896. The molecule has 5 heteroatoms. The molecule has 1 saturated heterocycles. The Morgan fingerprint density at radius 3 is 2.75 bits per heavy atom. The first-order chi connectivity index (χ1) is 11.2. The predicted molar refractivity (Wildman–Crippen MR) is 93.4 cm³/mol. The van der Waals surface area contributed by atoms with Gasteiger partial charge in [-0.3, -0.25) is 0 Å². The van der Waals surface area contributed by atoms with Crippen LogP contribution in [0.25, 0.3) is 0 Å². The molecule has 1 amide bonds. The highest BCUT2D eigenvalue weighted by molar-refractivity contribution is 5.68. The standard InChI is InChI=1S/C19H29FN2O2/c1-14(15-7-5-8-16(20)13-15)21-17-9-6-11-22(12-10-17)18(23)24-19(2,3)4/h5,7-8,13-14,17,21H,6,9-12H2,1-4H3/t14-,17?/m1/s1. The van der Waals surface area contributed by atoms with Crippen LogP contribution in [0.4, 0.5) is 9.18 Å². The summed E-state index contributed by atoms with van der Waals surface area (Å²) in [5.74, 6) is -0.210. The van der Waals surface area contributed by atoms with Crippen molar-refractivity contribution in [1.29, 1.82) is 0 Å². The highest BCUT2D eigenvalue weighted by Crippen LogP contribution is 2.19. The van der Waals surface area contributed by atoms with Gasteiger partial charge in [-0.15, -0.1) is 0 Å². The lowest BCUT2D eigenvalue weighted by molar-refractivity contribution is 0.0256. The Balaban J connectivity index is 1.88. The number of halogens is 1. The normalized spacial score (nSPS) is 20.4. The van der Waals surface area contributed by atoms with E-state index in [0.717, 1.165) is 31.4 Å². The summed E-state index contributed by atoms with van der Waals surface area (Å²) in [5.41, 5.74) is 0.482. The zero-order chi connectivity index (χ0) is 17.7. The highest BCUT2D eigenvalue weighted by Gasteiger charge is 2.25. The molecule has 2 atom stereocenters. The lowest BCUT2D eigenvalue weighted by Crippen LogP contribution is -2.38. The largest absolute Gasteiger partial charge is 0.444 e. The fourth-order valence-electron chi connectivity index (χ4n) is 3.00. The summed E-state index contributed by atoms with van der Waals surface area (Å²) in [6, 6.07) is 7.10. The van der Waals surface area contributed by atoms with Gasteiger partial charge in [-0.05, 0) is 64.7 Å². The number of hydrogen-bond acceptors (Lipinski definition) is 3. The number of rotatable bonds is 3. The highest BCUT2D eigenvalue weighted by atomic mass is 19.1. The summed E-state index contributed by atoms with van der Waals surface area (Å²) < 4.78 is 18.8. The third-order valence-corrected chi connectivity index (χ3v) is 4.21. The minimum Gasteiger partial charge on any atom is -0.444 e. The molecule has 1 aliphatic heterocycles. The van der Waals surface area contributed by atoms with Gasteiger partial charge in [0.2, 0.25) is 0 Å². The van der Waals surface area contributed by atoms with Crippen molar-refractivity contribution in [1.82, 2.24) is 10.2 Å². The maximum atomic E-state index is 13.4. The number of benzene rings is 1. The van der Waals surface area contributed by atoms with Gasteiger partial charge in [0, 0.05) is 25.2 Å². The van der Waals surface area contributed by atoms with E-state index in [4.69, 9.17) is 4.74 Å². The van der Waals surface area contributed by atoms with Crippen LogP contribution in [0.1, 0.15) is 58.6 Å². The van der Waals surface area contributed by atoms with E-state index in [9.17, 15) is 9.18 Å². The molecule has 0 aromatic heterocycles. The summed E-state index contributed by atoms with van der Waals surface area (Å²) in [4.78, 5) is 14.0. The molecule has 1 aromatic carbocycles. The smallest absolute Gasteiger partial charge is 0.410 e. The molecular weight excluding hydrogens is 307 g/mol. The number of hydrogen-bond donors (Lipinski definition) is 1. The van der Waals surface area contributed by atoms with Crippen molar-refractivity contribution in [3.05, 3.63) is 35.6 Å². The number of likely N-dealkylation sites (tertiary alicyclic amines) is 1. The van der Waals surface area contributed by atoms with Crippen molar-refractivity contribution < 1.29 is 13.9 Å². The van der Waals surface area contributed by atoms with Crippen LogP contribution in [0, 0.1) is 5.82 Å². The number of carbonyl (C=O) groups is 1. The summed E-state index contributed by atoms with van der Waals surface area (Å²) in [5, 5.41) is 3.56. The van der Waals surface area contributed by atoms with Crippen molar-refractivity contribution in [2.24, 2.45) is 0 Å². The zero-order valence-electron chi connectivity index (χ0n) is 15.1. The Morgan fingerprint density at radius 2 is 2.08 bits per heavy atom. The molecule has 1 unspecified atom stereocenters. The lowest BCUT2D eigenvalue weighted by atomic mass is 10.0. The molecular formula is C19H29FN2O2. The van der Waals surface area contributed by atoms with Gasteiger partial charge in [0.1, 0.15) is 11.4 Å². The third-order valence-electron chi connectivity index (χ3n) is 4.21. The second kappa shape index (κ2) is 7.97. The van der Waals surface area contributed by atoms with E-state index in [-0.39, 0.29) is 18.0 Å². The number of carbonyl (C=O) groups excluding carboxylic acids is 1. The maximum absolute atomic E-state index is 13.4. The number of nitrogens with zero attached hydrogens (tertiary/aromatic N) is 1. The minimum absolute atomic E-state index is 0.0822. The topological polar surface area (TPSA) is 41.6 Å². The van der Waals surface area contributed by atoms with Gasteiger partial charge in [-0.25, -0.2) is 9.18 Å². The predicted octanol–water partition coefficient (Wildman–Crippen LogP) is 4.27. The van der Waals surface area contributed by atoms with Crippen LogP contribution >= 0.6 is 0 Å². The Morgan fingerprint density at radius 1 is 1.33 bits per heavy atom. The van der Waals surface area contributed by atoms with Crippen molar-refractivity contribution in [2.75, 3.05) is 13.1 Å². The second-order valence-electron chi connectivity index (χ2n) is 7.54. The first kappa shape index (κ1) is 18.7. The molecule has 0 saturated carbocycles. The third kappa shape index (κ3) is 5.78. The van der Waals surface area contributed by atoms with Crippen LogP contribution in [-0.4, -0.2) is 35.7 Å². The van der Waals surface area contributed by atoms with E-state index in [0.29, 0.717) is 12.6 Å². The Kier molecular flexibility index (Phi) is 6.21. The number of ether oxygens (including phenoxy) is 1. The van der Waals surface area contributed by atoms with Crippen LogP contribution in [0.5, 0.6) is 0 Å². The lowest BCUT2D eigenvalue weighted by Gasteiger charge is -2.26. The maximum Gasteiger partial charge on any atom is 0.410 e. The van der Waals surface area contributed by atoms with Crippen LogP contribution < -0.4 is 5.32 Å². The molecule has 1 heterocycles. The summed E-state index contributed by atoms with van der Waals surface area (Å²) in [6.07, 6.45) is 2.58. The van der Waals surface area contributed by atoms with Crippen molar-refractivity contribution in [3.8, 4) is 0 Å². The fourth-order valence-corrected chi connectivity index (χ4v) is 3.00. The van der Waals surface area contributed by atoms with Crippen molar-refractivity contribution in [3.63, 3.8) is 0 Å². The molecule has 24 heavy (non-hydrogen) atoms. The van der Waals surface area contributed by atoms with Gasteiger partial charge < -0.3 is 15.0 Å². The first-order valence-corrected chi connectivity index (χ1v) is 8.74. The summed E-state index contributed by atoms with van der Waals surface area (Å²) in [6.45, 7) is 9.10. The van der Waals surface area contributed by atoms with E-state index in [1.807, 2.05) is 33.8 Å². The second-order valence-corrected chi connectivity index (χ2v) is 7.54. The van der Waals surface area contributed by atoms with Gasteiger partial charge in [-0.2, -0.15) is 0 Å². The molecule has 4 nitrogen and oxygen atoms in total. The Bertz CT molecular complexity index is 557. The van der Waals surface area contributed by atoms with Crippen LogP contribution in [0.15, 0.2) is 24.3 Å². The Labute approximate surface area is 144 Å². The monoisotopic (exact) mass is 336 g/mol. The van der Waals surface area contributed by atoms with Gasteiger partial charge in [0.25, 0.3) is 0 Å². The van der Waals surface area contributed by atoms with E-state index < -0.39 is 5.60 Å². The molecule has 0 radical (unpaired) electrons. The minimum atomic E-state index is -0.465. The first-order valence-electron chi connectivity index (χ1n) is 8.74. The SMILES string of the molecule is C[C@@H](NC1CCCN(C(=O)OC(C)(C)C)CC1)c1cccc(F)c1. The van der Waals surface area contributed by atoms with Gasteiger partial charge in [0.15, 0.2) is 0 Å². The van der Waals surface area contributed by atoms with Crippen molar-refractivity contribution >= 4 is 6.09 Å². The van der Waals surface area contributed by atoms with Crippen LogP contribution in [-0.2, 0) is 4.74 Å². The summed E-state index contributed by atoms with van der Waals surface area (Å²) in [7, 11) is 0. The van der Waals surface area contributed by atoms with Gasteiger partial charge in [0.05, 0.1) is 0 Å². The Hall–Kier alpha value is -1.62.